The predicted molar refractivity (Wildman–Crippen MR) is 87.2 cm³/mol. The fourth-order valence-electron chi connectivity index (χ4n) is 1.87. The first-order valence-electron chi connectivity index (χ1n) is 6.66. The minimum atomic E-state index is -0.0695. The van der Waals surface area contributed by atoms with Crippen LogP contribution in [0.15, 0.2) is 36.7 Å². The van der Waals surface area contributed by atoms with Crippen molar-refractivity contribution in [3.8, 4) is 11.3 Å². The molecule has 1 aromatic heterocycles. The molecule has 3 N–H and O–H groups in total. The number of rotatable bonds is 6. The van der Waals surface area contributed by atoms with Crippen molar-refractivity contribution in [1.82, 2.24) is 15.3 Å². The Bertz CT molecular complexity index is 618. The average molecular weight is 302 g/mol. The molecule has 5 nitrogen and oxygen atoms in total. The first-order chi connectivity index (χ1) is 10.2. The molecule has 1 aromatic carbocycles. The van der Waals surface area contributed by atoms with Crippen LogP contribution in [0.2, 0.25) is 0 Å². The number of benzene rings is 1. The summed E-state index contributed by atoms with van der Waals surface area (Å²) in [4.78, 5) is 20.1. The van der Waals surface area contributed by atoms with Gasteiger partial charge < -0.3 is 11.1 Å². The summed E-state index contributed by atoms with van der Waals surface area (Å²) in [5.41, 5.74) is 7.83. The van der Waals surface area contributed by atoms with Crippen LogP contribution in [-0.4, -0.2) is 34.4 Å². The molecule has 0 radical (unpaired) electrons. The SMILES string of the molecule is CSCCCNC(=O)c1cccc(-c2cc(N)ncn2)c1. The number of nitrogens with zero attached hydrogens (tertiary/aromatic N) is 2. The van der Waals surface area contributed by atoms with Gasteiger partial charge in [0.05, 0.1) is 5.69 Å². The Morgan fingerprint density at radius 2 is 2.19 bits per heavy atom. The van der Waals surface area contributed by atoms with Crippen LogP contribution in [-0.2, 0) is 0 Å². The molecule has 0 spiro atoms. The van der Waals surface area contributed by atoms with Crippen molar-refractivity contribution in [3.63, 3.8) is 0 Å². The quantitative estimate of drug-likeness (QED) is 0.800. The Morgan fingerprint density at radius 3 is 2.95 bits per heavy atom. The van der Waals surface area contributed by atoms with E-state index in [-0.39, 0.29) is 5.91 Å². The van der Waals surface area contributed by atoms with E-state index in [9.17, 15) is 4.79 Å². The second-order valence-electron chi connectivity index (χ2n) is 4.51. The summed E-state index contributed by atoms with van der Waals surface area (Å²) < 4.78 is 0. The van der Waals surface area contributed by atoms with Gasteiger partial charge in [-0.3, -0.25) is 4.79 Å². The van der Waals surface area contributed by atoms with Gasteiger partial charge in [0.1, 0.15) is 12.1 Å². The first kappa shape index (κ1) is 15.3. The summed E-state index contributed by atoms with van der Waals surface area (Å²) in [6, 6.07) is 9.02. The Hall–Kier alpha value is -2.08. The van der Waals surface area contributed by atoms with Crippen molar-refractivity contribution in [1.29, 1.82) is 0 Å². The molecule has 21 heavy (non-hydrogen) atoms. The van der Waals surface area contributed by atoms with Gasteiger partial charge in [0.15, 0.2) is 0 Å². The summed E-state index contributed by atoms with van der Waals surface area (Å²) >= 11 is 1.77. The molecule has 1 heterocycles. The number of nitrogens with two attached hydrogens (primary N) is 1. The molecule has 2 rings (SSSR count). The number of carbonyl (C=O) groups is 1. The van der Waals surface area contributed by atoms with Gasteiger partial charge >= 0.3 is 0 Å². The van der Waals surface area contributed by atoms with Crippen molar-refractivity contribution in [3.05, 3.63) is 42.2 Å². The first-order valence-corrected chi connectivity index (χ1v) is 8.05. The molecule has 6 heteroatoms. The third kappa shape index (κ3) is 4.46. The van der Waals surface area contributed by atoms with Crippen LogP contribution in [0, 0.1) is 0 Å². The molecule has 0 saturated heterocycles. The fourth-order valence-corrected chi connectivity index (χ4v) is 2.30. The summed E-state index contributed by atoms with van der Waals surface area (Å²) in [5.74, 6) is 1.38. The van der Waals surface area contributed by atoms with Gasteiger partial charge in [-0.2, -0.15) is 11.8 Å². The van der Waals surface area contributed by atoms with E-state index < -0.39 is 0 Å². The molecule has 2 aromatic rings. The van der Waals surface area contributed by atoms with Crippen molar-refractivity contribution < 1.29 is 4.79 Å². The highest BCUT2D eigenvalue weighted by atomic mass is 32.2. The summed E-state index contributed by atoms with van der Waals surface area (Å²) in [7, 11) is 0. The number of nitrogens with one attached hydrogen (secondary N) is 1. The van der Waals surface area contributed by atoms with Gasteiger partial charge in [-0.05, 0) is 30.6 Å². The van der Waals surface area contributed by atoms with Crippen LogP contribution in [0.1, 0.15) is 16.8 Å². The molecule has 0 bridgehead atoms. The highest BCUT2D eigenvalue weighted by molar-refractivity contribution is 7.98. The van der Waals surface area contributed by atoms with Gasteiger partial charge in [0.2, 0.25) is 0 Å². The molecule has 0 fully saturated rings. The van der Waals surface area contributed by atoms with E-state index >= 15 is 0 Å². The highest BCUT2D eigenvalue weighted by Crippen LogP contribution is 2.19. The Kier molecular flexibility index (Phi) is 5.57. The lowest BCUT2D eigenvalue weighted by atomic mass is 10.1. The maximum Gasteiger partial charge on any atom is 0.251 e. The second-order valence-corrected chi connectivity index (χ2v) is 5.50. The highest BCUT2D eigenvalue weighted by Gasteiger charge is 2.07. The molecule has 0 aliphatic rings. The van der Waals surface area contributed by atoms with Crippen molar-refractivity contribution in [2.75, 3.05) is 24.3 Å². The van der Waals surface area contributed by atoms with Gasteiger partial charge in [-0.15, -0.1) is 0 Å². The predicted octanol–water partition coefficient (Wildman–Crippen LogP) is 2.21. The summed E-state index contributed by atoms with van der Waals surface area (Å²) in [5, 5.41) is 2.91. The van der Waals surface area contributed by atoms with Crippen LogP contribution in [0.5, 0.6) is 0 Å². The number of hydrogen-bond donors (Lipinski definition) is 2. The van der Waals surface area contributed by atoms with Crippen molar-refractivity contribution >= 4 is 23.5 Å². The van der Waals surface area contributed by atoms with E-state index in [1.807, 2.05) is 18.2 Å². The number of amides is 1. The number of carbonyl (C=O) groups excluding carboxylic acids is 1. The standard InChI is InChI=1S/C15H18N4OS/c1-21-7-3-6-17-15(20)12-5-2-4-11(8-12)13-9-14(16)19-10-18-13/h2,4-5,8-10H,3,6-7H2,1H3,(H,17,20)(H2,16,18,19). The van der Waals surface area contributed by atoms with Crippen molar-refractivity contribution in [2.45, 2.75) is 6.42 Å². The Balaban J connectivity index is 2.09. The van der Waals surface area contributed by atoms with E-state index in [2.05, 4.69) is 21.5 Å². The van der Waals surface area contributed by atoms with E-state index in [0.29, 0.717) is 23.6 Å². The smallest absolute Gasteiger partial charge is 0.251 e. The third-order valence-corrected chi connectivity index (χ3v) is 3.62. The molecule has 0 unspecified atom stereocenters. The topological polar surface area (TPSA) is 80.9 Å². The number of anilines is 1. The zero-order chi connectivity index (χ0) is 15.1. The number of hydrogen-bond acceptors (Lipinski definition) is 5. The number of nitrogen functional groups attached to an aromatic ring is 1. The summed E-state index contributed by atoms with van der Waals surface area (Å²) in [6.45, 7) is 0.685. The van der Waals surface area contributed by atoms with Crippen LogP contribution in [0.25, 0.3) is 11.3 Å². The van der Waals surface area contributed by atoms with Crippen molar-refractivity contribution in [2.24, 2.45) is 0 Å². The molecule has 0 aliphatic heterocycles. The normalized spacial score (nSPS) is 10.3. The van der Waals surface area contributed by atoms with E-state index in [1.165, 1.54) is 6.33 Å². The molecular formula is C15H18N4OS. The number of thioether (sulfide) groups is 1. The summed E-state index contributed by atoms with van der Waals surface area (Å²) in [6.07, 6.45) is 4.44. The zero-order valence-corrected chi connectivity index (χ0v) is 12.7. The Morgan fingerprint density at radius 1 is 1.33 bits per heavy atom. The zero-order valence-electron chi connectivity index (χ0n) is 11.9. The maximum absolute atomic E-state index is 12.1. The van der Waals surface area contributed by atoms with Crippen LogP contribution in [0.4, 0.5) is 5.82 Å². The monoisotopic (exact) mass is 302 g/mol. The molecule has 110 valence electrons. The minimum absolute atomic E-state index is 0.0695. The van der Waals surface area contributed by atoms with Crippen LogP contribution in [0.3, 0.4) is 0 Å². The average Bonchev–Trinajstić information content (AvgIpc) is 2.51. The van der Waals surface area contributed by atoms with Gasteiger partial charge in [-0.1, -0.05) is 12.1 Å². The minimum Gasteiger partial charge on any atom is -0.384 e. The van der Waals surface area contributed by atoms with E-state index in [4.69, 9.17) is 5.73 Å². The van der Waals surface area contributed by atoms with E-state index in [1.54, 1.807) is 23.9 Å². The lowest BCUT2D eigenvalue weighted by Gasteiger charge is -2.07. The molecule has 0 saturated carbocycles. The Labute approximate surface area is 128 Å². The van der Waals surface area contributed by atoms with Gasteiger partial charge in [-0.25, -0.2) is 9.97 Å². The lowest BCUT2D eigenvalue weighted by Crippen LogP contribution is -2.24. The van der Waals surface area contributed by atoms with Crippen LogP contribution >= 0.6 is 11.8 Å². The number of aromatic nitrogens is 2. The maximum atomic E-state index is 12.1. The molecule has 0 atom stereocenters. The van der Waals surface area contributed by atoms with Crippen LogP contribution < -0.4 is 11.1 Å². The van der Waals surface area contributed by atoms with Gasteiger partial charge in [0.25, 0.3) is 5.91 Å². The fraction of sp³-hybridized carbons (Fsp3) is 0.267. The van der Waals surface area contributed by atoms with E-state index in [0.717, 1.165) is 17.7 Å². The van der Waals surface area contributed by atoms with Gasteiger partial charge in [0, 0.05) is 23.7 Å². The molecule has 1 amide bonds. The third-order valence-electron chi connectivity index (χ3n) is 2.92. The molecule has 0 aliphatic carbocycles. The lowest BCUT2D eigenvalue weighted by molar-refractivity contribution is 0.0954. The molecular weight excluding hydrogens is 284 g/mol. The second kappa shape index (κ2) is 7.64. The largest absolute Gasteiger partial charge is 0.384 e.